The van der Waals surface area contributed by atoms with Crippen LogP contribution < -0.4 is 25.4 Å². The van der Waals surface area contributed by atoms with E-state index >= 15 is 0 Å². The number of piperidine rings is 1. The van der Waals surface area contributed by atoms with E-state index in [1.54, 1.807) is 4.90 Å². The Balaban J connectivity index is 0.000000279. The van der Waals surface area contributed by atoms with Crippen molar-refractivity contribution in [3.05, 3.63) is 64.2 Å². The summed E-state index contributed by atoms with van der Waals surface area (Å²) in [6.07, 6.45) is 1.14. The van der Waals surface area contributed by atoms with Gasteiger partial charge in [0.25, 0.3) is 5.91 Å². The first kappa shape index (κ1) is 33.8. The Hall–Kier alpha value is -4.42. The fourth-order valence-electron chi connectivity index (χ4n) is 4.16. The second kappa shape index (κ2) is 16.1. The van der Waals surface area contributed by atoms with Gasteiger partial charge in [-0.3, -0.25) is 24.5 Å². The number of hydrogen-bond acceptors (Lipinski definition) is 8. The van der Waals surface area contributed by atoms with Gasteiger partial charge in [0, 0.05) is 37.2 Å². The average molecular weight is 603 g/mol. The molecule has 1 fully saturated rings. The third kappa shape index (κ3) is 8.54. The molecule has 4 amide bonds. The summed E-state index contributed by atoms with van der Waals surface area (Å²) < 4.78 is 10.2. The lowest BCUT2D eigenvalue weighted by molar-refractivity contribution is -0.137. The first-order valence-corrected chi connectivity index (χ1v) is 13.5. The predicted octanol–water partition coefficient (Wildman–Crippen LogP) is 3.13. The van der Waals surface area contributed by atoms with Crippen LogP contribution >= 0.6 is 11.6 Å². The maximum Gasteiger partial charge on any atom is 0.334 e. The highest BCUT2D eigenvalue weighted by Gasteiger charge is 2.39. The molecule has 4 N–H and O–H groups in total. The van der Waals surface area contributed by atoms with Gasteiger partial charge in [0.1, 0.15) is 24.1 Å². The van der Waals surface area contributed by atoms with Gasteiger partial charge in [-0.05, 0) is 30.7 Å². The SMILES string of the molecule is C=C(COc1cc(Cl)c(OC)cc1NC=O)C(=O)O.CC.CNCc1ccc2c(c1)CN(C1CCC(=O)NC1=O)C2=O. The number of carbonyl (C=O) groups excluding carboxylic acids is 4. The van der Waals surface area contributed by atoms with E-state index in [4.69, 9.17) is 26.2 Å². The fourth-order valence-corrected chi connectivity index (χ4v) is 4.39. The van der Waals surface area contributed by atoms with Gasteiger partial charge in [0.15, 0.2) is 0 Å². The van der Waals surface area contributed by atoms with Crippen molar-refractivity contribution in [1.82, 2.24) is 15.5 Å². The van der Waals surface area contributed by atoms with Crippen molar-refractivity contribution in [3.63, 3.8) is 0 Å². The number of nitrogens with one attached hydrogen (secondary N) is 3. The average Bonchev–Trinajstić information content (AvgIpc) is 3.29. The Labute approximate surface area is 249 Å². The molecule has 1 unspecified atom stereocenters. The molecule has 0 spiro atoms. The van der Waals surface area contributed by atoms with Gasteiger partial charge in [-0.1, -0.05) is 44.2 Å². The smallest absolute Gasteiger partial charge is 0.334 e. The first-order chi connectivity index (χ1) is 20.1. The number of rotatable bonds is 10. The van der Waals surface area contributed by atoms with Crippen LogP contribution in [0.1, 0.15) is 48.2 Å². The van der Waals surface area contributed by atoms with Gasteiger partial charge >= 0.3 is 5.97 Å². The van der Waals surface area contributed by atoms with Crippen LogP contribution in [0.3, 0.4) is 0 Å². The van der Waals surface area contributed by atoms with Crippen LogP contribution in [0.15, 0.2) is 42.5 Å². The molecule has 1 saturated heterocycles. The second-order valence-corrected chi connectivity index (χ2v) is 9.27. The molecule has 0 bridgehead atoms. The lowest BCUT2D eigenvalue weighted by Crippen LogP contribution is -2.52. The molecular formula is C29H35ClN4O8. The molecule has 226 valence electrons. The van der Waals surface area contributed by atoms with Crippen molar-refractivity contribution in [1.29, 1.82) is 0 Å². The van der Waals surface area contributed by atoms with Crippen molar-refractivity contribution in [3.8, 4) is 11.5 Å². The lowest BCUT2D eigenvalue weighted by Gasteiger charge is -2.29. The molecule has 2 aliphatic heterocycles. The summed E-state index contributed by atoms with van der Waals surface area (Å²) in [7, 11) is 3.30. The molecular weight excluding hydrogens is 568 g/mol. The summed E-state index contributed by atoms with van der Waals surface area (Å²) >= 11 is 5.92. The number of ether oxygens (including phenoxy) is 2. The van der Waals surface area contributed by atoms with Gasteiger partial charge in [0.2, 0.25) is 18.2 Å². The lowest BCUT2D eigenvalue weighted by atomic mass is 10.0. The van der Waals surface area contributed by atoms with Crippen LogP contribution in [0.5, 0.6) is 11.5 Å². The molecule has 0 saturated carbocycles. The number of fused-ring (bicyclic) bond motifs is 1. The van der Waals surface area contributed by atoms with E-state index < -0.39 is 12.0 Å². The van der Waals surface area contributed by atoms with Crippen molar-refractivity contribution >= 4 is 47.4 Å². The second-order valence-electron chi connectivity index (χ2n) is 8.86. The Bertz CT molecular complexity index is 1350. The highest BCUT2D eigenvalue weighted by Crippen LogP contribution is 2.36. The third-order valence-electron chi connectivity index (χ3n) is 6.14. The van der Waals surface area contributed by atoms with Gasteiger partial charge in [-0.15, -0.1) is 0 Å². The van der Waals surface area contributed by atoms with Crippen molar-refractivity contribution in [2.45, 2.75) is 45.8 Å². The topological polar surface area (TPSA) is 163 Å². The van der Waals surface area contributed by atoms with E-state index in [0.29, 0.717) is 36.4 Å². The number of benzene rings is 2. The molecule has 2 aliphatic rings. The number of imide groups is 1. The minimum atomic E-state index is -1.16. The van der Waals surface area contributed by atoms with E-state index in [-0.39, 0.29) is 47.1 Å². The fraction of sp³-hybridized carbons (Fsp3) is 0.345. The van der Waals surface area contributed by atoms with E-state index in [9.17, 15) is 24.0 Å². The van der Waals surface area contributed by atoms with Crippen LogP contribution in [0.4, 0.5) is 5.69 Å². The summed E-state index contributed by atoms with van der Waals surface area (Å²) in [6.45, 7) is 8.26. The molecule has 12 nitrogen and oxygen atoms in total. The van der Waals surface area contributed by atoms with Gasteiger partial charge in [-0.25, -0.2) is 4.79 Å². The highest BCUT2D eigenvalue weighted by molar-refractivity contribution is 6.32. The Morgan fingerprint density at radius 3 is 2.52 bits per heavy atom. The summed E-state index contributed by atoms with van der Waals surface area (Å²) in [4.78, 5) is 58.2. The van der Waals surface area contributed by atoms with Gasteiger partial charge in [0.05, 0.1) is 23.4 Å². The monoisotopic (exact) mass is 602 g/mol. The number of aliphatic carboxylic acids is 1. The first-order valence-electron chi connectivity index (χ1n) is 13.1. The molecule has 0 aliphatic carbocycles. The van der Waals surface area contributed by atoms with Crippen LogP contribution in [0, 0.1) is 0 Å². The molecule has 1 atom stereocenters. The van der Waals surface area contributed by atoms with Crippen LogP contribution in [0.25, 0.3) is 0 Å². The number of hydrogen-bond donors (Lipinski definition) is 4. The zero-order valence-electron chi connectivity index (χ0n) is 23.9. The maximum absolute atomic E-state index is 12.4. The van der Waals surface area contributed by atoms with E-state index in [1.807, 2.05) is 39.1 Å². The van der Waals surface area contributed by atoms with Crippen molar-refractivity contribution < 1.29 is 38.6 Å². The van der Waals surface area contributed by atoms with E-state index in [0.717, 1.165) is 17.7 Å². The Kier molecular flexibility index (Phi) is 13.0. The van der Waals surface area contributed by atoms with Crippen molar-refractivity contribution in [2.75, 3.05) is 26.1 Å². The molecule has 0 radical (unpaired) electrons. The number of carboxylic acid groups (broad SMARTS) is 1. The van der Waals surface area contributed by atoms with Crippen LogP contribution in [-0.2, 0) is 32.3 Å². The van der Waals surface area contributed by atoms with E-state index in [2.05, 4.69) is 22.5 Å². The predicted molar refractivity (Wildman–Crippen MR) is 157 cm³/mol. The van der Waals surface area contributed by atoms with Crippen molar-refractivity contribution in [2.24, 2.45) is 0 Å². The summed E-state index contributed by atoms with van der Waals surface area (Å²) in [5.74, 6) is -1.35. The number of nitrogens with zero attached hydrogens (tertiary/aromatic N) is 1. The minimum absolute atomic E-state index is 0.121. The molecule has 13 heteroatoms. The number of anilines is 1. The standard InChI is InChI=1S/C15H17N3O3.C12H12ClNO5.C2H6/c1-16-7-9-2-3-11-10(6-9)8-18(15(11)21)12-4-5-13(19)17-14(12)20;1-7(12(16)17)5-19-11-3-8(13)10(18-2)4-9(11)14-6-15;1-2/h2-3,6,12,16H,4-5,7-8H2,1H3,(H,17,19,20);3-4,6H,1,5H2,2H3,(H,14,15)(H,16,17);1-2H3. The molecule has 42 heavy (non-hydrogen) atoms. The van der Waals surface area contributed by atoms with E-state index in [1.165, 1.54) is 19.2 Å². The van der Waals surface area contributed by atoms with Crippen LogP contribution in [-0.4, -0.2) is 66.9 Å². The maximum atomic E-state index is 12.4. The molecule has 2 aromatic rings. The van der Waals surface area contributed by atoms with Crippen LogP contribution in [0.2, 0.25) is 5.02 Å². The molecule has 4 rings (SSSR count). The minimum Gasteiger partial charge on any atom is -0.495 e. The summed E-state index contributed by atoms with van der Waals surface area (Å²) in [5, 5.41) is 16.7. The normalized spacial score (nSPS) is 15.2. The molecule has 2 heterocycles. The molecule has 2 aromatic carbocycles. The van der Waals surface area contributed by atoms with Gasteiger partial charge < -0.3 is 30.1 Å². The zero-order chi connectivity index (χ0) is 31.4. The number of halogens is 1. The largest absolute Gasteiger partial charge is 0.495 e. The number of methoxy groups -OCH3 is 1. The number of carboxylic acids is 1. The number of amides is 4. The Morgan fingerprint density at radius 1 is 1.21 bits per heavy atom. The third-order valence-corrected chi connectivity index (χ3v) is 6.44. The van der Waals surface area contributed by atoms with Gasteiger partial charge in [-0.2, -0.15) is 0 Å². The Morgan fingerprint density at radius 2 is 1.93 bits per heavy atom. The molecule has 0 aromatic heterocycles. The highest BCUT2D eigenvalue weighted by atomic mass is 35.5. The quantitative estimate of drug-likeness (QED) is 0.182. The summed E-state index contributed by atoms with van der Waals surface area (Å²) in [6, 6.07) is 8.07. The summed E-state index contributed by atoms with van der Waals surface area (Å²) in [5.41, 5.74) is 2.89. The number of carbonyl (C=O) groups is 5. The zero-order valence-corrected chi connectivity index (χ0v) is 24.7.